The normalized spacial score (nSPS) is 10.4. The van der Waals surface area contributed by atoms with E-state index in [1.54, 1.807) is 18.2 Å². The molecule has 18 heavy (non-hydrogen) atoms. The summed E-state index contributed by atoms with van der Waals surface area (Å²) in [7, 11) is 0. The second-order valence-corrected chi connectivity index (χ2v) is 6.11. The summed E-state index contributed by atoms with van der Waals surface area (Å²) in [5.41, 5.74) is 1.39. The molecule has 2 aromatic rings. The monoisotopic (exact) mass is 344 g/mol. The molecule has 0 aliphatic rings. The van der Waals surface area contributed by atoms with Crippen molar-refractivity contribution >= 4 is 50.5 Å². The summed E-state index contributed by atoms with van der Waals surface area (Å²) in [6.07, 6.45) is 0. The van der Waals surface area contributed by atoms with E-state index < -0.39 is 0 Å². The van der Waals surface area contributed by atoms with Crippen LogP contribution in [0.2, 0.25) is 5.02 Å². The summed E-state index contributed by atoms with van der Waals surface area (Å²) in [6.45, 7) is 3.70. The molecule has 0 unspecified atom stereocenters. The van der Waals surface area contributed by atoms with E-state index in [2.05, 4.69) is 26.2 Å². The van der Waals surface area contributed by atoms with Crippen molar-refractivity contribution in [2.24, 2.45) is 0 Å². The lowest BCUT2D eigenvalue weighted by Gasteiger charge is -2.07. The Morgan fingerprint density at radius 3 is 2.78 bits per heavy atom. The Labute approximate surface area is 122 Å². The fourth-order valence-electron chi connectivity index (χ4n) is 1.52. The number of halogens is 2. The lowest BCUT2D eigenvalue weighted by molar-refractivity contribution is 0.103. The second-order valence-electron chi connectivity index (χ2n) is 3.70. The number of hydrogen-bond acceptors (Lipinski definition) is 3. The zero-order chi connectivity index (χ0) is 13.3. The van der Waals surface area contributed by atoms with Crippen molar-refractivity contribution in [1.82, 2.24) is 4.98 Å². The van der Waals surface area contributed by atoms with E-state index in [1.165, 1.54) is 11.3 Å². The molecule has 0 aliphatic heterocycles. The molecule has 0 bridgehead atoms. The van der Waals surface area contributed by atoms with Gasteiger partial charge in [-0.15, -0.1) is 11.3 Å². The van der Waals surface area contributed by atoms with Crippen molar-refractivity contribution in [3.63, 3.8) is 0 Å². The topological polar surface area (TPSA) is 42.0 Å². The highest BCUT2D eigenvalue weighted by Gasteiger charge is 2.15. The maximum absolute atomic E-state index is 12.1. The number of carbonyl (C=O) groups is 1. The van der Waals surface area contributed by atoms with Gasteiger partial charge in [-0.2, -0.15) is 0 Å². The first-order valence-electron chi connectivity index (χ1n) is 5.18. The first-order chi connectivity index (χ1) is 8.49. The predicted octanol–water partition coefficient (Wildman–Crippen LogP) is 4.43. The van der Waals surface area contributed by atoms with Gasteiger partial charge in [0.25, 0.3) is 5.91 Å². The third-order valence-corrected chi connectivity index (χ3v) is 4.78. The van der Waals surface area contributed by atoms with Crippen molar-refractivity contribution in [1.29, 1.82) is 0 Å². The van der Waals surface area contributed by atoms with E-state index in [0.717, 1.165) is 10.7 Å². The number of rotatable bonds is 2. The number of aromatic nitrogens is 1. The third kappa shape index (κ3) is 2.74. The van der Waals surface area contributed by atoms with Gasteiger partial charge in [0, 0.05) is 0 Å². The van der Waals surface area contributed by atoms with Crippen LogP contribution in [0.15, 0.2) is 22.7 Å². The highest BCUT2D eigenvalue weighted by Crippen LogP contribution is 2.30. The average Bonchev–Trinajstić information content (AvgIpc) is 2.64. The number of carbonyl (C=O) groups excluding carboxylic acids is 1. The standard InChI is InChI=1S/C12H10BrClN2OS/c1-6-11(18-7(2)15-6)12(17)16-9-5-3-4-8(14)10(9)13/h3-5H,1-2H3,(H,16,17). The second kappa shape index (κ2) is 5.38. The smallest absolute Gasteiger partial charge is 0.267 e. The number of aryl methyl sites for hydroxylation is 2. The van der Waals surface area contributed by atoms with Gasteiger partial charge >= 0.3 is 0 Å². The third-order valence-electron chi connectivity index (χ3n) is 2.31. The van der Waals surface area contributed by atoms with Gasteiger partial charge in [0.1, 0.15) is 4.88 Å². The van der Waals surface area contributed by atoms with Crippen LogP contribution in [0.25, 0.3) is 0 Å². The minimum Gasteiger partial charge on any atom is -0.320 e. The Bertz CT molecular complexity index is 612. The number of amides is 1. The molecule has 3 nitrogen and oxygen atoms in total. The molecule has 1 aromatic heterocycles. The van der Waals surface area contributed by atoms with Gasteiger partial charge in [0.2, 0.25) is 0 Å². The summed E-state index contributed by atoms with van der Waals surface area (Å²) in [5, 5.41) is 4.26. The van der Waals surface area contributed by atoms with E-state index in [9.17, 15) is 4.79 Å². The highest BCUT2D eigenvalue weighted by atomic mass is 79.9. The first-order valence-corrected chi connectivity index (χ1v) is 7.17. The van der Waals surface area contributed by atoms with E-state index in [4.69, 9.17) is 11.6 Å². The van der Waals surface area contributed by atoms with E-state index >= 15 is 0 Å². The molecule has 1 aromatic carbocycles. The maximum Gasteiger partial charge on any atom is 0.267 e. The number of nitrogens with one attached hydrogen (secondary N) is 1. The average molecular weight is 346 g/mol. The number of hydrogen-bond donors (Lipinski definition) is 1. The van der Waals surface area contributed by atoms with Gasteiger partial charge in [0.15, 0.2) is 0 Å². The van der Waals surface area contributed by atoms with E-state index in [1.807, 2.05) is 13.8 Å². The Balaban J connectivity index is 2.27. The zero-order valence-electron chi connectivity index (χ0n) is 9.75. The molecule has 0 radical (unpaired) electrons. The van der Waals surface area contributed by atoms with Crippen LogP contribution in [0.1, 0.15) is 20.4 Å². The molecule has 0 atom stereocenters. The first kappa shape index (κ1) is 13.5. The molecule has 1 N–H and O–H groups in total. The van der Waals surface area contributed by atoms with Gasteiger partial charge in [0.05, 0.1) is 25.9 Å². The molecular formula is C12H10BrClN2OS. The van der Waals surface area contributed by atoms with Crippen LogP contribution in [-0.4, -0.2) is 10.9 Å². The van der Waals surface area contributed by atoms with Gasteiger partial charge in [-0.25, -0.2) is 4.98 Å². The number of benzene rings is 1. The fourth-order valence-corrected chi connectivity index (χ4v) is 2.87. The van der Waals surface area contributed by atoms with Crippen LogP contribution >= 0.6 is 38.9 Å². The highest BCUT2D eigenvalue weighted by molar-refractivity contribution is 9.10. The van der Waals surface area contributed by atoms with Crippen LogP contribution < -0.4 is 5.32 Å². The molecule has 0 saturated carbocycles. The van der Waals surface area contributed by atoms with Crippen molar-refractivity contribution < 1.29 is 4.79 Å². The summed E-state index contributed by atoms with van der Waals surface area (Å²) in [6, 6.07) is 5.33. The van der Waals surface area contributed by atoms with Gasteiger partial charge in [-0.05, 0) is 41.9 Å². The SMILES string of the molecule is Cc1nc(C)c(C(=O)Nc2cccc(Cl)c2Br)s1. The van der Waals surface area contributed by atoms with Gasteiger partial charge < -0.3 is 5.32 Å². The number of nitrogens with zero attached hydrogens (tertiary/aromatic N) is 1. The van der Waals surface area contributed by atoms with Crippen LogP contribution in [0, 0.1) is 13.8 Å². The number of thiazole rings is 1. The van der Waals surface area contributed by atoms with E-state index in [-0.39, 0.29) is 5.91 Å². The fraction of sp³-hybridized carbons (Fsp3) is 0.167. The molecule has 0 aliphatic carbocycles. The Kier molecular flexibility index (Phi) is 4.04. The van der Waals surface area contributed by atoms with Crippen molar-refractivity contribution in [3.05, 3.63) is 43.3 Å². The molecule has 0 saturated heterocycles. The minimum absolute atomic E-state index is 0.166. The summed E-state index contributed by atoms with van der Waals surface area (Å²) >= 11 is 10.7. The van der Waals surface area contributed by atoms with Crippen molar-refractivity contribution in [3.8, 4) is 0 Å². The largest absolute Gasteiger partial charge is 0.320 e. The maximum atomic E-state index is 12.1. The summed E-state index contributed by atoms with van der Waals surface area (Å²) in [4.78, 5) is 17.0. The summed E-state index contributed by atoms with van der Waals surface area (Å²) in [5.74, 6) is -0.166. The lowest BCUT2D eigenvalue weighted by atomic mass is 10.3. The van der Waals surface area contributed by atoms with Gasteiger partial charge in [-0.1, -0.05) is 17.7 Å². The Morgan fingerprint density at radius 2 is 2.17 bits per heavy atom. The Hall–Kier alpha value is -0.910. The summed E-state index contributed by atoms with van der Waals surface area (Å²) < 4.78 is 0.680. The molecule has 6 heteroatoms. The number of anilines is 1. The molecule has 0 fully saturated rings. The molecule has 1 heterocycles. The molecule has 1 amide bonds. The van der Waals surface area contributed by atoms with Crippen LogP contribution in [-0.2, 0) is 0 Å². The van der Waals surface area contributed by atoms with Crippen LogP contribution in [0.3, 0.4) is 0 Å². The molecule has 2 rings (SSSR count). The predicted molar refractivity (Wildman–Crippen MR) is 78.7 cm³/mol. The van der Waals surface area contributed by atoms with Crippen LogP contribution in [0.4, 0.5) is 5.69 Å². The Morgan fingerprint density at radius 1 is 1.44 bits per heavy atom. The van der Waals surface area contributed by atoms with E-state index in [0.29, 0.717) is 20.1 Å². The lowest BCUT2D eigenvalue weighted by Crippen LogP contribution is -2.12. The minimum atomic E-state index is -0.166. The van der Waals surface area contributed by atoms with Crippen molar-refractivity contribution in [2.75, 3.05) is 5.32 Å². The zero-order valence-corrected chi connectivity index (χ0v) is 12.9. The molecule has 0 spiro atoms. The van der Waals surface area contributed by atoms with Gasteiger partial charge in [-0.3, -0.25) is 4.79 Å². The molecular weight excluding hydrogens is 336 g/mol. The molecule has 94 valence electrons. The quantitative estimate of drug-likeness (QED) is 0.875. The van der Waals surface area contributed by atoms with Crippen molar-refractivity contribution in [2.45, 2.75) is 13.8 Å². The van der Waals surface area contributed by atoms with Crippen LogP contribution in [0.5, 0.6) is 0 Å².